The molecule has 0 amide bonds. The lowest BCUT2D eigenvalue weighted by Crippen LogP contribution is -2.51. The molecule has 1 aromatic rings. The zero-order valence-corrected chi connectivity index (χ0v) is 13.6. The van der Waals surface area contributed by atoms with Crippen molar-refractivity contribution in [3.05, 3.63) is 15.9 Å². The van der Waals surface area contributed by atoms with Crippen LogP contribution in [0.3, 0.4) is 0 Å². The first-order valence-corrected chi connectivity index (χ1v) is 7.96. The summed E-state index contributed by atoms with van der Waals surface area (Å²) in [5, 5.41) is 18.9. The Hall–Kier alpha value is -0.390. The molecule has 2 atom stereocenters. The Morgan fingerprint density at radius 3 is 2.89 bits per heavy atom. The Bertz CT molecular complexity index is 446. The number of aryl methyl sites for hydroxylation is 2. The maximum atomic E-state index is 11.0. The van der Waals surface area contributed by atoms with Crippen LogP contribution in [-0.2, 0) is 13.0 Å². The molecule has 1 fully saturated rings. The van der Waals surface area contributed by atoms with Crippen molar-refractivity contribution >= 4 is 15.9 Å². The summed E-state index contributed by atoms with van der Waals surface area (Å²) in [6.07, 6.45) is 2.49. The van der Waals surface area contributed by atoms with E-state index in [-0.39, 0.29) is 0 Å². The fourth-order valence-corrected chi connectivity index (χ4v) is 3.48. The molecular formula is C14H24BrN3O. The average Bonchev–Trinajstić information content (AvgIpc) is 2.66. The molecule has 1 saturated heterocycles. The van der Waals surface area contributed by atoms with Gasteiger partial charge in [-0.3, -0.25) is 4.68 Å². The second kappa shape index (κ2) is 5.94. The number of hydrogen-bond acceptors (Lipinski definition) is 3. The number of aliphatic hydroxyl groups is 1. The van der Waals surface area contributed by atoms with Crippen molar-refractivity contribution in [2.75, 3.05) is 13.1 Å². The molecule has 19 heavy (non-hydrogen) atoms. The van der Waals surface area contributed by atoms with Crippen molar-refractivity contribution in [3.63, 3.8) is 0 Å². The second-order valence-electron chi connectivity index (χ2n) is 5.50. The van der Waals surface area contributed by atoms with Gasteiger partial charge in [0.05, 0.1) is 21.5 Å². The largest absolute Gasteiger partial charge is 0.389 e. The first kappa shape index (κ1) is 15.0. The van der Waals surface area contributed by atoms with Crippen molar-refractivity contribution in [2.24, 2.45) is 5.92 Å². The van der Waals surface area contributed by atoms with Crippen LogP contribution >= 0.6 is 15.9 Å². The quantitative estimate of drug-likeness (QED) is 0.890. The molecule has 0 saturated carbocycles. The van der Waals surface area contributed by atoms with E-state index in [4.69, 9.17) is 0 Å². The minimum absolute atomic E-state index is 0.314. The maximum Gasteiger partial charge on any atom is 0.0755 e. The van der Waals surface area contributed by atoms with E-state index >= 15 is 0 Å². The second-order valence-corrected chi connectivity index (χ2v) is 6.29. The highest BCUT2D eigenvalue weighted by molar-refractivity contribution is 9.10. The van der Waals surface area contributed by atoms with Gasteiger partial charge in [0.25, 0.3) is 0 Å². The molecule has 0 bridgehead atoms. The van der Waals surface area contributed by atoms with E-state index in [0.717, 1.165) is 48.3 Å². The normalized spacial score (nSPS) is 27.7. The maximum absolute atomic E-state index is 11.0. The summed E-state index contributed by atoms with van der Waals surface area (Å²) < 4.78 is 3.06. The molecule has 0 spiro atoms. The van der Waals surface area contributed by atoms with E-state index in [2.05, 4.69) is 40.2 Å². The highest BCUT2D eigenvalue weighted by atomic mass is 79.9. The van der Waals surface area contributed by atoms with Gasteiger partial charge in [0, 0.05) is 25.4 Å². The van der Waals surface area contributed by atoms with Gasteiger partial charge in [-0.25, -0.2) is 0 Å². The predicted octanol–water partition coefficient (Wildman–Crippen LogP) is 2.27. The lowest BCUT2D eigenvalue weighted by atomic mass is 9.77. The van der Waals surface area contributed by atoms with Crippen LogP contribution in [0.2, 0.25) is 0 Å². The van der Waals surface area contributed by atoms with E-state index in [1.807, 2.05) is 11.6 Å². The van der Waals surface area contributed by atoms with E-state index in [9.17, 15) is 5.11 Å². The lowest BCUT2D eigenvalue weighted by Gasteiger charge is -2.40. The van der Waals surface area contributed by atoms with E-state index in [1.54, 1.807) is 0 Å². The third-order valence-corrected chi connectivity index (χ3v) is 5.34. The minimum atomic E-state index is -0.609. The monoisotopic (exact) mass is 329 g/mol. The molecule has 5 heteroatoms. The number of nitrogens with one attached hydrogen (secondary N) is 1. The number of hydrogen-bond donors (Lipinski definition) is 2. The molecule has 2 rings (SSSR count). The topological polar surface area (TPSA) is 50.1 Å². The molecule has 4 nitrogen and oxygen atoms in total. The summed E-state index contributed by atoms with van der Waals surface area (Å²) in [4.78, 5) is 0. The molecular weight excluding hydrogens is 306 g/mol. The van der Waals surface area contributed by atoms with Crippen molar-refractivity contribution < 1.29 is 5.11 Å². The molecule has 1 aliphatic heterocycles. The van der Waals surface area contributed by atoms with Crippen LogP contribution in [0.5, 0.6) is 0 Å². The molecule has 108 valence electrons. The van der Waals surface area contributed by atoms with E-state index in [0.29, 0.717) is 12.3 Å². The zero-order valence-electron chi connectivity index (χ0n) is 12.0. The van der Waals surface area contributed by atoms with Gasteiger partial charge in [-0.05, 0) is 49.2 Å². The van der Waals surface area contributed by atoms with Crippen LogP contribution in [0, 0.1) is 12.8 Å². The summed E-state index contributed by atoms with van der Waals surface area (Å²) in [6, 6.07) is 0. The Kier molecular flexibility index (Phi) is 4.69. The van der Waals surface area contributed by atoms with Gasteiger partial charge in [0.2, 0.25) is 0 Å². The number of piperidine rings is 1. The van der Waals surface area contributed by atoms with Crippen molar-refractivity contribution in [1.82, 2.24) is 15.1 Å². The van der Waals surface area contributed by atoms with Crippen molar-refractivity contribution in [2.45, 2.75) is 52.2 Å². The van der Waals surface area contributed by atoms with Crippen LogP contribution in [0.15, 0.2) is 4.47 Å². The SMILES string of the molecule is CCC1CNCCC1(O)Cc1c(Br)c(C)nn1CC. The number of halogens is 1. The fourth-order valence-electron chi connectivity index (χ4n) is 3.06. The van der Waals surface area contributed by atoms with E-state index in [1.165, 1.54) is 0 Å². The van der Waals surface area contributed by atoms with Crippen molar-refractivity contribution in [3.8, 4) is 0 Å². The molecule has 0 radical (unpaired) electrons. The first-order valence-electron chi connectivity index (χ1n) is 7.16. The van der Waals surface area contributed by atoms with Gasteiger partial charge in [-0.2, -0.15) is 5.10 Å². The average molecular weight is 330 g/mol. The summed E-state index contributed by atoms with van der Waals surface area (Å²) in [5.41, 5.74) is 1.52. The Morgan fingerprint density at radius 2 is 2.26 bits per heavy atom. The summed E-state index contributed by atoms with van der Waals surface area (Å²) in [5.74, 6) is 0.314. The van der Waals surface area contributed by atoms with E-state index < -0.39 is 5.60 Å². The van der Waals surface area contributed by atoms with Crippen LogP contribution in [0.25, 0.3) is 0 Å². The molecule has 0 aromatic carbocycles. The standard InChI is InChI=1S/C14H24BrN3O/c1-4-11-9-16-7-6-14(11,19)8-12-13(15)10(3)17-18(12)5-2/h11,16,19H,4-9H2,1-3H3. The Morgan fingerprint density at radius 1 is 1.53 bits per heavy atom. The molecule has 2 unspecified atom stereocenters. The van der Waals surface area contributed by atoms with Gasteiger partial charge < -0.3 is 10.4 Å². The highest BCUT2D eigenvalue weighted by Gasteiger charge is 2.39. The van der Waals surface area contributed by atoms with Crippen LogP contribution in [-0.4, -0.2) is 33.6 Å². The summed E-state index contributed by atoms with van der Waals surface area (Å²) in [7, 11) is 0. The van der Waals surface area contributed by atoms with Gasteiger partial charge in [-0.1, -0.05) is 6.92 Å². The zero-order chi connectivity index (χ0) is 14.0. The first-order chi connectivity index (χ1) is 9.01. The molecule has 1 aliphatic rings. The van der Waals surface area contributed by atoms with Gasteiger partial charge in [0.15, 0.2) is 0 Å². The number of rotatable bonds is 4. The fraction of sp³-hybridized carbons (Fsp3) is 0.786. The predicted molar refractivity (Wildman–Crippen MR) is 80.3 cm³/mol. The minimum Gasteiger partial charge on any atom is -0.389 e. The lowest BCUT2D eigenvalue weighted by molar-refractivity contribution is -0.0429. The smallest absolute Gasteiger partial charge is 0.0755 e. The molecule has 1 aromatic heterocycles. The number of aromatic nitrogens is 2. The van der Waals surface area contributed by atoms with Gasteiger partial charge in [-0.15, -0.1) is 0 Å². The van der Waals surface area contributed by atoms with Crippen LogP contribution in [0.1, 0.15) is 38.1 Å². The van der Waals surface area contributed by atoms with Gasteiger partial charge in [0.1, 0.15) is 0 Å². The molecule has 2 heterocycles. The third kappa shape index (κ3) is 2.88. The molecule has 2 N–H and O–H groups in total. The van der Waals surface area contributed by atoms with Crippen LogP contribution < -0.4 is 5.32 Å². The third-order valence-electron chi connectivity index (χ3n) is 4.30. The number of nitrogens with zero attached hydrogens (tertiary/aromatic N) is 2. The summed E-state index contributed by atoms with van der Waals surface area (Å²) >= 11 is 3.62. The highest BCUT2D eigenvalue weighted by Crippen LogP contribution is 2.33. The summed E-state index contributed by atoms with van der Waals surface area (Å²) in [6.45, 7) is 8.89. The van der Waals surface area contributed by atoms with Crippen molar-refractivity contribution in [1.29, 1.82) is 0 Å². The molecule has 0 aliphatic carbocycles. The Labute approximate surface area is 123 Å². The Balaban J connectivity index is 2.28. The van der Waals surface area contributed by atoms with Crippen LogP contribution in [0.4, 0.5) is 0 Å². The van der Waals surface area contributed by atoms with Gasteiger partial charge >= 0.3 is 0 Å².